The molecule has 1 fully saturated rings. The molecule has 1 saturated carbocycles. The lowest BCUT2D eigenvalue weighted by molar-refractivity contribution is -0.164. The van der Waals surface area contributed by atoms with Crippen molar-refractivity contribution >= 4 is 17.5 Å². The number of aliphatic hydroxyl groups is 1. The van der Waals surface area contributed by atoms with Gasteiger partial charge in [-0.3, -0.25) is 9.78 Å². The fourth-order valence-electron chi connectivity index (χ4n) is 5.29. The van der Waals surface area contributed by atoms with Crippen LogP contribution in [0.3, 0.4) is 0 Å². The van der Waals surface area contributed by atoms with Gasteiger partial charge in [0, 0.05) is 41.4 Å². The second-order valence-electron chi connectivity index (χ2n) is 10.2. The number of hydrogen-bond donors (Lipinski definition) is 2. The number of halogens is 1. The molecule has 0 bridgehead atoms. The summed E-state index contributed by atoms with van der Waals surface area (Å²) in [7, 11) is 0. The molecular weight excluding hydrogens is 450 g/mol. The number of nitriles is 1. The van der Waals surface area contributed by atoms with Crippen molar-refractivity contribution in [1.29, 1.82) is 5.26 Å². The van der Waals surface area contributed by atoms with Crippen molar-refractivity contribution in [2.45, 2.75) is 71.9 Å². The summed E-state index contributed by atoms with van der Waals surface area (Å²) in [6.45, 7) is 8.57. The molecule has 6 nitrogen and oxygen atoms in total. The van der Waals surface area contributed by atoms with Crippen LogP contribution in [0.25, 0.3) is 0 Å². The first-order chi connectivity index (χ1) is 16.1. The van der Waals surface area contributed by atoms with E-state index in [-0.39, 0.29) is 35.5 Å². The predicted molar refractivity (Wildman–Crippen MR) is 133 cm³/mol. The molecule has 2 N–H and O–H groups in total. The van der Waals surface area contributed by atoms with Gasteiger partial charge in [-0.15, -0.1) is 0 Å². The zero-order valence-electron chi connectivity index (χ0n) is 20.4. The van der Waals surface area contributed by atoms with Gasteiger partial charge in [-0.1, -0.05) is 52.1 Å². The maximum absolute atomic E-state index is 13.0. The molecule has 1 aromatic carbocycles. The molecule has 1 aliphatic rings. The van der Waals surface area contributed by atoms with Gasteiger partial charge in [0.1, 0.15) is 17.9 Å². The number of aryl methyl sites for hydroxylation is 1. The second-order valence-corrected chi connectivity index (χ2v) is 10.6. The Bertz CT molecular complexity index is 1030. The standard InChI is InChI=1S/C27H34ClN3O3/c1-26(2)24(27(3,4)25(26)34-21-13-11-18(16-29)22(28)15-21)31-23(33)19-10-12-20(30-17-19)9-7-5-6-8-14-32/h10-13,15,17,24-25,32H,5-9,14H2,1-4H3,(H,31,33). The number of carbonyl (C=O) groups excluding carboxylic acids is 1. The monoisotopic (exact) mass is 483 g/mol. The van der Waals surface area contributed by atoms with Crippen LogP contribution in [0.5, 0.6) is 5.75 Å². The van der Waals surface area contributed by atoms with Crippen molar-refractivity contribution in [3.63, 3.8) is 0 Å². The Hall–Kier alpha value is -2.62. The Morgan fingerprint density at radius 2 is 1.85 bits per heavy atom. The summed E-state index contributed by atoms with van der Waals surface area (Å²) >= 11 is 6.17. The summed E-state index contributed by atoms with van der Waals surface area (Å²) in [6, 6.07) is 10.8. The van der Waals surface area contributed by atoms with Crippen LogP contribution in [0.1, 0.15) is 75.0 Å². The highest BCUT2D eigenvalue weighted by Gasteiger charge is 2.64. The maximum Gasteiger partial charge on any atom is 0.253 e. The molecule has 34 heavy (non-hydrogen) atoms. The number of rotatable bonds is 10. The number of unbranched alkanes of at least 4 members (excludes halogenated alkanes) is 3. The average Bonchev–Trinajstić information content (AvgIpc) is 2.81. The fourth-order valence-corrected chi connectivity index (χ4v) is 5.50. The van der Waals surface area contributed by atoms with E-state index in [4.69, 9.17) is 26.7 Å². The topological polar surface area (TPSA) is 95.2 Å². The Morgan fingerprint density at radius 1 is 1.15 bits per heavy atom. The summed E-state index contributed by atoms with van der Waals surface area (Å²) in [4.78, 5) is 17.4. The maximum atomic E-state index is 13.0. The lowest BCUT2D eigenvalue weighted by Crippen LogP contribution is -2.74. The van der Waals surface area contributed by atoms with Crippen molar-refractivity contribution < 1.29 is 14.6 Å². The van der Waals surface area contributed by atoms with Gasteiger partial charge in [0.2, 0.25) is 0 Å². The van der Waals surface area contributed by atoms with E-state index < -0.39 is 0 Å². The summed E-state index contributed by atoms with van der Waals surface area (Å²) in [5.74, 6) is 0.462. The molecule has 7 heteroatoms. The first kappa shape index (κ1) is 26.0. The largest absolute Gasteiger partial charge is 0.489 e. The van der Waals surface area contributed by atoms with E-state index in [0.29, 0.717) is 21.9 Å². The Balaban J connectivity index is 1.60. The van der Waals surface area contributed by atoms with Gasteiger partial charge in [0.05, 0.1) is 16.1 Å². The first-order valence-electron chi connectivity index (χ1n) is 11.8. The molecule has 0 spiro atoms. The number of benzene rings is 1. The summed E-state index contributed by atoms with van der Waals surface area (Å²) in [6.07, 6.45) is 6.31. The van der Waals surface area contributed by atoms with Gasteiger partial charge in [-0.05, 0) is 43.5 Å². The van der Waals surface area contributed by atoms with E-state index in [9.17, 15) is 4.79 Å². The molecule has 1 aliphatic carbocycles. The van der Waals surface area contributed by atoms with Crippen LogP contribution in [-0.2, 0) is 6.42 Å². The van der Waals surface area contributed by atoms with Crippen LogP contribution in [0.2, 0.25) is 5.02 Å². The third kappa shape index (κ3) is 5.54. The number of amides is 1. The van der Waals surface area contributed by atoms with Crippen LogP contribution in [0, 0.1) is 22.2 Å². The van der Waals surface area contributed by atoms with Crippen LogP contribution >= 0.6 is 11.6 Å². The highest BCUT2D eigenvalue weighted by Crippen LogP contribution is 2.55. The van der Waals surface area contributed by atoms with Gasteiger partial charge < -0.3 is 15.2 Å². The van der Waals surface area contributed by atoms with Gasteiger partial charge in [-0.25, -0.2) is 0 Å². The molecule has 0 aliphatic heterocycles. The number of pyridine rings is 1. The minimum absolute atomic E-state index is 0.0995. The highest BCUT2D eigenvalue weighted by atomic mass is 35.5. The van der Waals surface area contributed by atoms with E-state index in [1.807, 2.05) is 12.1 Å². The number of hydrogen-bond acceptors (Lipinski definition) is 5. The molecule has 1 heterocycles. The average molecular weight is 484 g/mol. The second kappa shape index (κ2) is 10.8. The zero-order chi connectivity index (χ0) is 24.9. The van der Waals surface area contributed by atoms with Gasteiger partial charge >= 0.3 is 0 Å². The van der Waals surface area contributed by atoms with E-state index in [1.54, 1.807) is 24.4 Å². The smallest absolute Gasteiger partial charge is 0.253 e. The summed E-state index contributed by atoms with van der Waals surface area (Å²) in [5, 5.41) is 21.5. The molecule has 3 rings (SSSR count). The van der Waals surface area contributed by atoms with E-state index >= 15 is 0 Å². The number of carbonyl (C=O) groups is 1. The molecular formula is C27H34ClN3O3. The fraction of sp³-hybridized carbons (Fsp3) is 0.519. The number of nitrogens with zero attached hydrogens (tertiary/aromatic N) is 2. The van der Waals surface area contributed by atoms with Crippen LogP contribution in [0.15, 0.2) is 36.5 Å². The minimum Gasteiger partial charge on any atom is -0.489 e. The van der Waals surface area contributed by atoms with Gasteiger partial charge in [0.25, 0.3) is 5.91 Å². The molecule has 1 aromatic heterocycles. The molecule has 2 aromatic rings. The van der Waals surface area contributed by atoms with Crippen molar-refractivity contribution in [2.75, 3.05) is 6.61 Å². The molecule has 0 unspecified atom stereocenters. The normalized spacial score (nSPS) is 20.1. The van der Waals surface area contributed by atoms with Crippen molar-refractivity contribution in [3.05, 3.63) is 58.4 Å². The Kier molecular flexibility index (Phi) is 8.22. The Labute approximate surface area is 207 Å². The van der Waals surface area contributed by atoms with Crippen LogP contribution < -0.4 is 10.1 Å². The summed E-state index contributed by atoms with van der Waals surface area (Å²) in [5.41, 5.74) is 1.29. The molecule has 0 atom stereocenters. The third-order valence-electron chi connectivity index (χ3n) is 6.86. The van der Waals surface area contributed by atoms with Gasteiger partial charge in [0.15, 0.2) is 0 Å². The lowest BCUT2D eigenvalue weighted by Gasteiger charge is -2.63. The van der Waals surface area contributed by atoms with Crippen LogP contribution in [-0.4, -0.2) is 34.8 Å². The van der Waals surface area contributed by atoms with Crippen molar-refractivity contribution in [2.24, 2.45) is 10.8 Å². The Morgan fingerprint density at radius 3 is 2.44 bits per heavy atom. The summed E-state index contributed by atoms with van der Waals surface area (Å²) < 4.78 is 6.29. The molecule has 0 saturated heterocycles. The number of aliphatic hydroxyl groups excluding tert-OH is 1. The first-order valence-corrected chi connectivity index (χ1v) is 12.2. The van der Waals surface area contributed by atoms with E-state index in [2.05, 4.69) is 44.1 Å². The van der Waals surface area contributed by atoms with E-state index in [0.717, 1.165) is 37.8 Å². The lowest BCUT2D eigenvalue weighted by atomic mass is 9.49. The molecule has 182 valence electrons. The third-order valence-corrected chi connectivity index (χ3v) is 7.17. The number of nitrogens with one attached hydrogen (secondary N) is 1. The van der Waals surface area contributed by atoms with Crippen LogP contribution in [0.4, 0.5) is 0 Å². The quantitative estimate of drug-likeness (QED) is 0.446. The zero-order valence-corrected chi connectivity index (χ0v) is 21.2. The number of aromatic nitrogens is 1. The van der Waals surface area contributed by atoms with Crippen molar-refractivity contribution in [3.8, 4) is 11.8 Å². The van der Waals surface area contributed by atoms with E-state index in [1.165, 1.54) is 0 Å². The van der Waals surface area contributed by atoms with Gasteiger partial charge in [-0.2, -0.15) is 5.26 Å². The SMILES string of the molecule is CC1(C)C(NC(=O)c2ccc(CCCCCCO)nc2)C(C)(C)C1Oc1ccc(C#N)c(Cl)c1. The number of ether oxygens (including phenoxy) is 1. The molecule has 1 amide bonds. The minimum atomic E-state index is -0.318. The molecule has 0 radical (unpaired) electrons. The predicted octanol–water partition coefficient (Wildman–Crippen LogP) is 5.31. The highest BCUT2D eigenvalue weighted by molar-refractivity contribution is 6.31. The van der Waals surface area contributed by atoms with Crippen molar-refractivity contribution in [1.82, 2.24) is 10.3 Å².